The monoisotopic (exact) mass is 295 g/mol. The van der Waals surface area contributed by atoms with Crippen LogP contribution in [0.5, 0.6) is 0 Å². The van der Waals surface area contributed by atoms with Gasteiger partial charge in [-0.05, 0) is 50.2 Å². The standard InChI is InChI=1S/C16H16ClF2N/c1-9-6-10(2)15(14(19)7-9)16(20-3)12-5-4-11(17)8-13(12)18/h4-8,16,20H,1-3H3. The molecular formula is C16H16ClF2N. The Labute approximate surface area is 122 Å². The summed E-state index contributed by atoms with van der Waals surface area (Å²) in [5, 5.41) is 3.29. The highest BCUT2D eigenvalue weighted by Crippen LogP contribution is 2.30. The smallest absolute Gasteiger partial charge is 0.129 e. The van der Waals surface area contributed by atoms with E-state index in [4.69, 9.17) is 11.6 Å². The van der Waals surface area contributed by atoms with E-state index in [1.807, 2.05) is 19.9 Å². The molecule has 0 aliphatic carbocycles. The van der Waals surface area contributed by atoms with Crippen LogP contribution in [0, 0.1) is 25.5 Å². The molecule has 20 heavy (non-hydrogen) atoms. The van der Waals surface area contributed by atoms with Crippen LogP contribution in [0.25, 0.3) is 0 Å². The second-order valence-electron chi connectivity index (χ2n) is 4.86. The first-order valence-corrected chi connectivity index (χ1v) is 6.70. The van der Waals surface area contributed by atoms with E-state index < -0.39 is 11.9 Å². The van der Waals surface area contributed by atoms with E-state index in [2.05, 4.69) is 5.32 Å². The molecular weight excluding hydrogens is 280 g/mol. The third-order valence-electron chi connectivity index (χ3n) is 3.33. The molecule has 0 bridgehead atoms. The van der Waals surface area contributed by atoms with Crippen molar-refractivity contribution in [2.45, 2.75) is 19.9 Å². The summed E-state index contributed by atoms with van der Waals surface area (Å²) in [6.45, 7) is 3.65. The molecule has 2 aromatic rings. The van der Waals surface area contributed by atoms with Crippen LogP contribution >= 0.6 is 11.6 Å². The lowest BCUT2D eigenvalue weighted by atomic mass is 9.93. The first-order chi connectivity index (χ1) is 9.43. The summed E-state index contributed by atoms with van der Waals surface area (Å²) in [6, 6.07) is 7.22. The first-order valence-electron chi connectivity index (χ1n) is 6.33. The number of rotatable bonds is 3. The van der Waals surface area contributed by atoms with Crippen molar-refractivity contribution in [3.8, 4) is 0 Å². The molecule has 1 N–H and O–H groups in total. The Morgan fingerprint density at radius 3 is 2.30 bits per heavy atom. The minimum Gasteiger partial charge on any atom is -0.309 e. The van der Waals surface area contributed by atoms with E-state index in [9.17, 15) is 8.78 Å². The maximum Gasteiger partial charge on any atom is 0.129 e. The van der Waals surface area contributed by atoms with E-state index in [0.29, 0.717) is 16.1 Å². The third-order valence-corrected chi connectivity index (χ3v) is 3.57. The van der Waals surface area contributed by atoms with Gasteiger partial charge in [0, 0.05) is 16.1 Å². The molecule has 0 saturated carbocycles. The first kappa shape index (κ1) is 14.9. The highest BCUT2D eigenvalue weighted by Gasteiger charge is 2.21. The normalized spacial score (nSPS) is 12.5. The highest BCUT2D eigenvalue weighted by atomic mass is 35.5. The van der Waals surface area contributed by atoms with Gasteiger partial charge in [0.2, 0.25) is 0 Å². The molecule has 1 atom stereocenters. The van der Waals surface area contributed by atoms with Gasteiger partial charge in [-0.25, -0.2) is 8.78 Å². The van der Waals surface area contributed by atoms with E-state index in [1.165, 1.54) is 12.1 Å². The largest absolute Gasteiger partial charge is 0.309 e. The Bertz CT molecular complexity index is 617. The van der Waals surface area contributed by atoms with Gasteiger partial charge in [0.25, 0.3) is 0 Å². The van der Waals surface area contributed by atoms with Gasteiger partial charge in [-0.2, -0.15) is 0 Å². The van der Waals surface area contributed by atoms with Crippen molar-refractivity contribution in [2.24, 2.45) is 0 Å². The van der Waals surface area contributed by atoms with Crippen molar-refractivity contribution in [2.75, 3.05) is 7.05 Å². The van der Waals surface area contributed by atoms with Gasteiger partial charge in [0.15, 0.2) is 0 Å². The maximum atomic E-state index is 14.3. The number of hydrogen-bond donors (Lipinski definition) is 1. The number of hydrogen-bond acceptors (Lipinski definition) is 1. The van der Waals surface area contributed by atoms with Crippen LogP contribution in [-0.4, -0.2) is 7.05 Å². The molecule has 0 amide bonds. The van der Waals surface area contributed by atoms with Gasteiger partial charge in [-0.15, -0.1) is 0 Å². The predicted molar refractivity (Wildman–Crippen MR) is 78.2 cm³/mol. The lowest BCUT2D eigenvalue weighted by Crippen LogP contribution is -2.21. The van der Waals surface area contributed by atoms with Crippen molar-refractivity contribution in [1.82, 2.24) is 5.32 Å². The zero-order valence-electron chi connectivity index (χ0n) is 11.6. The van der Waals surface area contributed by atoms with Gasteiger partial charge < -0.3 is 5.32 Å². The average molecular weight is 296 g/mol. The number of benzene rings is 2. The fourth-order valence-electron chi connectivity index (χ4n) is 2.48. The zero-order chi connectivity index (χ0) is 14.9. The molecule has 1 nitrogen and oxygen atoms in total. The summed E-state index contributed by atoms with van der Waals surface area (Å²) in [6.07, 6.45) is 0. The zero-order valence-corrected chi connectivity index (χ0v) is 12.4. The summed E-state index contributed by atoms with van der Waals surface area (Å²) in [5.41, 5.74) is 2.47. The summed E-state index contributed by atoms with van der Waals surface area (Å²) >= 11 is 5.76. The van der Waals surface area contributed by atoms with E-state index >= 15 is 0 Å². The molecule has 0 aromatic heterocycles. The van der Waals surface area contributed by atoms with Crippen molar-refractivity contribution in [1.29, 1.82) is 0 Å². The maximum absolute atomic E-state index is 14.3. The van der Waals surface area contributed by atoms with Crippen molar-refractivity contribution in [3.05, 3.63) is 69.2 Å². The number of aryl methyl sites for hydroxylation is 2. The van der Waals surface area contributed by atoms with Crippen LogP contribution in [0.1, 0.15) is 28.3 Å². The Balaban J connectivity index is 2.58. The van der Waals surface area contributed by atoms with Crippen LogP contribution in [0.2, 0.25) is 5.02 Å². The summed E-state index contributed by atoms with van der Waals surface area (Å²) in [4.78, 5) is 0. The average Bonchev–Trinajstić information content (AvgIpc) is 2.34. The van der Waals surface area contributed by atoms with Crippen molar-refractivity contribution in [3.63, 3.8) is 0 Å². The minimum absolute atomic E-state index is 0.321. The highest BCUT2D eigenvalue weighted by molar-refractivity contribution is 6.30. The lowest BCUT2D eigenvalue weighted by Gasteiger charge is -2.21. The molecule has 4 heteroatoms. The van der Waals surface area contributed by atoms with Crippen molar-refractivity contribution >= 4 is 11.6 Å². The molecule has 0 spiro atoms. The SMILES string of the molecule is CNC(c1ccc(Cl)cc1F)c1c(C)cc(C)cc1F. The molecule has 0 fully saturated rings. The molecule has 0 radical (unpaired) electrons. The van der Waals surface area contributed by atoms with Gasteiger partial charge >= 0.3 is 0 Å². The molecule has 0 saturated heterocycles. The third kappa shape index (κ3) is 2.84. The fraction of sp³-hybridized carbons (Fsp3) is 0.250. The van der Waals surface area contributed by atoms with Gasteiger partial charge in [-0.1, -0.05) is 23.7 Å². The summed E-state index contributed by atoms with van der Waals surface area (Å²) in [5.74, 6) is -0.785. The second-order valence-corrected chi connectivity index (χ2v) is 5.30. The Morgan fingerprint density at radius 1 is 1.05 bits per heavy atom. The molecule has 2 rings (SSSR count). The second kappa shape index (κ2) is 5.90. The Morgan fingerprint density at radius 2 is 1.75 bits per heavy atom. The fourth-order valence-corrected chi connectivity index (χ4v) is 2.64. The molecule has 0 aliphatic heterocycles. The van der Waals surface area contributed by atoms with Crippen LogP contribution in [0.4, 0.5) is 8.78 Å². The number of halogens is 3. The molecule has 0 aliphatic rings. The number of nitrogens with one attached hydrogen (secondary N) is 1. The van der Waals surface area contributed by atoms with Gasteiger partial charge in [-0.3, -0.25) is 0 Å². The Hall–Kier alpha value is -1.45. The molecule has 1 unspecified atom stereocenters. The molecule has 2 aromatic carbocycles. The molecule has 106 valence electrons. The summed E-state index contributed by atoms with van der Waals surface area (Å²) in [7, 11) is 1.68. The molecule has 0 heterocycles. The van der Waals surface area contributed by atoms with Crippen molar-refractivity contribution < 1.29 is 8.78 Å². The Kier molecular flexibility index (Phi) is 4.41. The van der Waals surface area contributed by atoms with Crippen LogP contribution < -0.4 is 5.32 Å². The van der Waals surface area contributed by atoms with Crippen LogP contribution in [-0.2, 0) is 0 Å². The van der Waals surface area contributed by atoms with Crippen LogP contribution in [0.3, 0.4) is 0 Å². The topological polar surface area (TPSA) is 12.0 Å². The predicted octanol–water partition coefficient (Wildman–Crippen LogP) is 4.54. The van der Waals surface area contributed by atoms with Gasteiger partial charge in [0.1, 0.15) is 11.6 Å². The van der Waals surface area contributed by atoms with E-state index in [-0.39, 0.29) is 5.82 Å². The van der Waals surface area contributed by atoms with Gasteiger partial charge in [0.05, 0.1) is 6.04 Å². The quantitative estimate of drug-likeness (QED) is 0.876. The van der Waals surface area contributed by atoms with E-state index in [1.54, 1.807) is 19.2 Å². The van der Waals surface area contributed by atoms with Crippen LogP contribution in [0.15, 0.2) is 30.3 Å². The van der Waals surface area contributed by atoms with E-state index in [0.717, 1.165) is 11.1 Å². The lowest BCUT2D eigenvalue weighted by molar-refractivity contribution is 0.544. The summed E-state index contributed by atoms with van der Waals surface area (Å²) < 4.78 is 28.3. The minimum atomic E-state index is -0.548.